The highest BCUT2D eigenvalue weighted by molar-refractivity contribution is 4.92. The second kappa shape index (κ2) is 7.74. The van der Waals surface area contributed by atoms with Gasteiger partial charge in [-0.3, -0.25) is 0 Å². The first-order chi connectivity index (χ1) is 9.42. The summed E-state index contributed by atoms with van der Waals surface area (Å²) in [4.78, 5) is 4.43. The molecule has 5 heteroatoms. The van der Waals surface area contributed by atoms with E-state index in [4.69, 9.17) is 15.0 Å². The van der Waals surface area contributed by atoms with Crippen LogP contribution in [0.5, 0.6) is 0 Å². The van der Waals surface area contributed by atoms with Crippen molar-refractivity contribution in [1.29, 1.82) is 0 Å². The highest BCUT2D eigenvalue weighted by atomic mass is 16.5. The number of hydrogen-bond donors (Lipinski definition) is 1. The van der Waals surface area contributed by atoms with E-state index in [1.807, 2.05) is 6.92 Å². The first-order valence-electron chi connectivity index (χ1n) is 7.47. The second-order valence-electron chi connectivity index (χ2n) is 6.36. The van der Waals surface area contributed by atoms with Crippen LogP contribution in [0.3, 0.4) is 0 Å². The van der Waals surface area contributed by atoms with Crippen molar-refractivity contribution in [3.8, 4) is 0 Å². The van der Waals surface area contributed by atoms with Crippen LogP contribution in [0, 0.1) is 11.3 Å². The third kappa shape index (κ3) is 4.87. The zero-order valence-corrected chi connectivity index (χ0v) is 13.5. The molecule has 0 aliphatic heterocycles. The lowest BCUT2D eigenvalue weighted by atomic mass is 9.76. The normalized spacial score (nSPS) is 15.3. The summed E-state index contributed by atoms with van der Waals surface area (Å²) in [6.07, 6.45) is 3.61. The van der Waals surface area contributed by atoms with Crippen molar-refractivity contribution < 1.29 is 9.26 Å². The minimum atomic E-state index is -0.0741. The molecule has 1 aromatic rings. The number of aromatic nitrogens is 2. The maximum Gasteiger partial charge on any atom is 0.226 e. The molecule has 20 heavy (non-hydrogen) atoms. The Morgan fingerprint density at radius 2 is 2.00 bits per heavy atom. The van der Waals surface area contributed by atoms with E-state index >= 15 is 0 Å². The minimum absolute atomic E-state index is 0.0741. The van der Waals surface area contributed by atoms with Gasteiger partial charge in [0.1, 0.15) is 6.10 Å². The molecule has 5 nitrogen and oxygen atoms in total. The zero-order chi connectivity index (χ0) is 15.2. The number of methoxy groups -OCH3 is 1. The summed E-state index contributed by atoms with van der Waals surface area (Å²) in [5, 5.41) is 4.01. The van der Waals surface area contributed by atoms with E-state index in [0.29, 0.717) is 17.6 Å². The van der Waals surface area contributed by atoms with E-state index in [1.165, 1.54) is 0 Å². The van der Waals surface area contributed by atoms with E-state index in [-0.39, 0.29) is 11.5 Å². The van der Waals surface area contributed by atoms with Gasteiger partial charge in [0.2, 0.25) is 11.7 Å². The van der Waals surface area contributed by atoms with Gasteiger partial charge in [0, 0.05) is 13.5 Å². The van der Waals surface area contributed by atoms with Crippen LogP contribution in [-0.2, 0) is 11.2 Å². The molecule has 1 rings (SSSR count). The average molecular weight is 283 g/mol. The highest BCUT2D eigenvalue weighted by Crippen LogP contribution is 2.32. The maximum atomic E-state index is 5.71. The van der Waals surface area contributed by atoms with Gasteiger partial charge in [0.15, 0.2) is 0 Å². The zero-order valence-electron chi connectivity index (χ0n) is 13.5. The molecule has 116 valence electrons. The maximum absolute atomic E-state index is 5.71. The monoisotopic (exact) mass is 283 g/mol. The van der Waals surface area contributed by atoms with Crippen molar-refractivity contribution in [2.24, 2.45) is 17.1 Å². The van der Waals surface area contributed by atoms with E-state index < -0.39 is 0 Å². The largest absolute Gasteiger partial charge is 0.373 e. The lowest BCUT2D eigenvalue weighted by molar-refractivity contribution is 0.0903. The van der Waals surface area contributed by atoms with Crippen LogP contribution in [-0.4, -0.2) is 23.8 Å². The van der Waals surface area contributed by atoms with Gasteiger partial charge in [-0.25, -0.2) is 0 Å². The van der Waals surface area contributed by atoms with E-state index in [9.17, 15) is 0 Å². The minimum Gasteiger partial charge on any atom is -0.373 e. The molecule has 2 atom stereocenters. The number of nitrogens with zero attached hydrogens (tertiary/aromatic N) is 2. The Morgan fingerprint density at radius 1 is 1.30 bits per heavy atom. The topological polar surface area (TPSA) is 74.2 Å². The van der Waals surface area contributed by atoms with Crippen LogP contribution in [0.2, 0.25) is 0 Å². The Labute approximate surface area is 122 Å². The Morgan fingerprint density at radius 3 is 2.50 bits per heavy atom. The summed E-state index contributed by atoms with van der Waals surface area (Å²) in [5.41, 5.74) is 5.96. The van der Waals surface area contributed by atoms with Crippen LogP contribution in [0.4, 0.5) is 0 Å². The molecule has 0 amide bonds. The standard InChI is InChI=1S/C15H29N3O2/c1-6-12(19-5)14-17-13(20-18-14)8-7-11(9-10-16)15(2,3)4/h11-12H,6-10,16H2,1-5H3. The van der Waals surface area contributed by atoms with Crippen LogP contribution in [0.15, 0.2) is 4.52 Å². The van der Waals surface area contributed by atoms with Crippen LogP contribution < -0.4 is 5.73 Å². The fourth-order valence-electron chi connectivity index (χ4n) is 2.46. The Balaban J connectivity index is 2.60. The Hall–Kier alpha value is -0.940. The Bertz CT molecular complexity index is 381. The molecule has 0 aliphatic rings. The molecule has 0 bridgehead atoms. The molecule has 0 aliphatic carbocycles. The molecule has 2 N–H and O–H groups in total. The van der Waals surface area contributed by atoms with Crippen molar-refractivity contribution in [2.45, 2.75) is 59.5 Å². The molecular weight excluding hydrogens is 254 g/mol. The predicted molar refractivity (Wildman–Crippen MR) is 79.3 cm³/mol. The second-order valence-corrected chi connectivity index (χ2v) is 6.36. The number of ether oxygens (including phenoxy) is 1. The summed E-state index contributed by atoms with van der Waals surface area (Å²) >= 11 is 0. The fraction of sp³-hybridized carbons (Fsp3) is 0.867. The quantitative estimate of drug-likeness (QED) is 0.793. The molecule has 0 fully saturated rings. The van der Waals surface area contributed by atoms with Gasteiger partial charge in [-0.05, 0) is 37.1 Å². The molecule has 0 saturated heterocycles. The number of hydrogen-bond acceptors (Lipinski definition) is 5. The number of rotatable bonds is 8. The van der Waals surface area contributed by atoms with Crippen molar-refractivity contribution in [2.75, 3.05) is 13.7 Å². The van der Waals surface area contributed by atoms with E-state index in [2.05, 4.69) is 30.9 Å². The van der Waals surface area contributed by atoms with E-state index in [0.717, 1.165) is 32.2 Å². The molecule has 0 spiro atoms. The SMILES string of the molecule is CCC(OC)c1noc(CCC(CCN)C(C)(C)C)n1. The molecular formula is C15H29N3O2. The fourth-order valence-corrected chi connectivity index (χ4v) is 2.46. The molecule has 2 unspecified atom stereocenters. The summed E-state index contributed by atoms with van der Waals surface area (Å²) in [7, 11) is 1.67. The first-order valence-corrected chi connectivity index (χ1v) is 7.47. The predicted octanol–water partition coefficient (Wildman–Crippen LogP) is 3.11. The first kappa shape index (κ1) is 17.1. The van der Waals surface area contributed by atoms with Gasteiger partial charge in [0.05, 0.1) is 0 Å². The van der Waals surface area contributed by atoms with Gasteiger partial charge in [-0.1, -0.05) is 32.9 Å². The molecule has 0 aromatic carbocycles. The van der Waals surface area contributed by atoms with Gasteiger partial charge >= 0.3 is 0 Å². The number of nitrogens with two attached hydrogens (primary N) is 1. The third-order valence-electron chi connectivity index (χ3n) is 3.87. The van der Waals surface area contributed by atoms with E-state index in [1.54, 1.807) is 7.11 Å². The van der Waals surface area contributed by atoms with Crippen molar-refractivity contribution >= 4 is 0 Å². The summed E-state index contributed by atoms with van der Waals surface area (Å²) < 4.78 is 10.6. The van der Waals surface area contributed by atoms with Gasteiger partial charge < -0.3 is 15.0 Å². The number of aryl methyl sites for hydroxylation is 1. The van der Waals surface area contributed by atoms with Gasteiger partial charge in [0.25, 0.3) is 0 Å². The van der Waals surface area contributed by atoms with Crippen LogP contribution in [0.1, 0.15) is 64.8 Å². The highest BCUT2D eigenvalue weighted by Gasteiger charge is 2.24. The molecule has 0 saturated carbocycles. The summed E-state index contributed by atoms with van der Waals surface area (Å²) in [6.45, 7) is 9.53. The van der Waals surface area contributed by atoms with Crippen LogP contribution in [0.25, 0.3) is 0 Å². The van der Waals surface area contributed by atoms with Gasteiger partial charge in [-0.2, -0.15) is 4.98 Å². The summed E-state index contributed by atoms with van der Waals surface area (Å²) in [5.74, 6) is 1.91. The van der Waals surface area contributed by atoms with Crippen molar-refractivity contribution in [3.63, 3.8) is 0 Å². The molecule has 1 heterocycles. The van der Waals surface area contributed by atoms with Crippen LogP contribution >= 0.6 is 0 Å². The average Bonchev–Trinajstić information content (AvgIpc) is 2.83. The summed E-state index contributed by atoms with van der Waals surface area (Å²) in [6, 6.07) is 0. The lowest BCUT2D eigenvalue weighted by Gasteiger charge is -2.30. The lowest BCUT2D eigenvalue weighted by Crippen LogP contribution is -2.24. The Kier molecular flexibility index (Phi) is 6.62. The van der Waals surface area contributed by atoms with Crippen molar-refractivity contribution in [3.05, 3.63) is 11.7 Å². The molecule has 1 aromatic heterocycles. The van der Waals surface area contributed by atoms with Gasteiger partial charge in [-0.15, -0.1) is 0 Å². The smallest absolute Gasteiger partial charge is 0.226 e. The molecule has 0 radical (unpaired) electrons. The van der Waals surface area contributed by atoms with Crippen molar-refractivity contribution in [1.82, 2.24) is 10.1 Å². The third-order valence-corrected chi connectivity index (χ3v) is 3.87.